The van der Waals surface area contributed by atoms with Crippen LogP contribution in [0.25, 0.3) is 0 Å². The van der Waals surface area contributed by atoms with Gasteiger partial charge in [0.15, 0.2) is 5.76 Å². The molecule has 0 aromatic carbocycles. The fourth-order valence-corrected chi connectivity index (χ4v) is 2.12. The lowest BCUT2D eigenvalue weighted by atomic mass is 9.95. The van der Waals surface area contributed by atoms with Gasteiger partial charge < -0.3 is 9.26 Å². The topological polar surface area (TPSA) is 52.3 Å². The average Bonchev–Trinajstić information content (AvgIpc) is 2.71. The summed E-state index contributed by atoms with van der Waals surface area (Å²) in [6.07, 6.45) is 6.73. The van der Waals surface area contributed by atoms with E-state index in [2.05, 4.69) is 21.1 Å². The van der Waals surface area contributed by atoms with Crippen LogP contribution in [0.1, 0.15) is 34.2 Å². The lowest BCUT2D eigenvalue weighted by Gasteiger charge is -2.12. The molecule has 0 saturated heterocycles. The first-order valence-corrected chi connectivity index (χ1v) is 6.01. The van der Waals surface area contributed by atoms with Gasteiger partial charge in [0, 0.05) is 10.4 Å². The third-order valence-electron chi connectivity index (χ3n) is 2.67. The van der Waals surface area contributed by atoms with Crippen LogP contribution in [0.5, 0.6) is 0 Å². The van der Waals surface area contributed by atoms with Crippen molar-refractivity contribution in [3.63, 3.8) is 0 Å². The Morgan fingerprint density at radius 1 is 1.65 bits per heavy atom. The Balaban J connectivity index is 2.34. The first-order valence-electron chi connectivity index (χ1n) is 5.21. The molecule has 0 radical (unpaired) electrons. The molecule has 0 saturated carbocycles. The Bertz CT molecular complexity index is 502. The van der Waals surface area contributed by atoms with Gasteiger partial charge in [-0.15, -0.1) is 0 Å². The molecule has 4 nitrogen and oxygen atoms in total. The zero-order chi connectivity index (χ0) is 12.4. The Labute approximate surface area is 107 Å². The van der Waals surface area contributed by atoms with E-state index in [-0.39, 0.29) is 5.92 Å². The standard InChI is InChI=1S/C12H12BrNO3/c1-7-10(12(15)16-2)11(17-14-7)8-3-5-9(13)6-4-8/h3,5-6,8H,4H2,1-2H3. The molecule has 1 aliphatic rings. The van der Waals surface area contributed by atoms with Gasteiger partial charge in [-0.3, -0.25) is 0 Å². The van der Waals surface area contributed by atoms with E-state index in [0.717, 1.165) is 10.9 Å². The smallest absolute Gasteiger partial charge is 0.343 e. The molecular weight excluding hydrogens is 286 g/mol. The highest BCUT2D eigenvalue weighted by molar-refractivity contribution is 9.11. The minimum absolute atomic E-state index is 0.0339. The van der Waals surface area contributed by atoms with Crippen LogP contribution in [0.2, 0.25) is 0 Å². The second-order valence-corrected chi connectivity index (χ2v) is 4.70. The highest BCUT2D eigenvalue weighted by Crippen LogP contribution is 2.32. The number of hydrogen-bond donors (Lipinski definition) is 0. The molecule has 1 aromatic heterocycles. The number of halogens is 1. The Hall–Kier alpha value is -1.36. The summed E-state index contributed by atoms with van der Waals surface area (Å²) >= 11 is 3.39. The van der Waals surface area contributed by atoms with Crippen molar-refractivity contribution in [2.45, 2.75) is 19.3 Å². The second kappa shape index (κ2) is 4.87. The molecule has 2 rings (SSSR count). The number of methoxy groups -OCH3 is 1. The number of allylic oxidation sites excluding steroid dienone is 4. The van der Waals surface area contributed by atoms with Crippen molar-refractivity contribution >= 4 is 21.9 Å². The summed E-state index contributed by atoms with van der Waals surface area (Å²) in [5.74, 6) is 0.203. The molecule has 1 aliphatic carbocycles. The number of carbonyl (C=O) groups excluding carboxylic acids is 1. The third kappa shape index (κ3) is 2.34. The van der Waals surface area contributed by atoms with Gasteiger partial charge in [-0.1, -0.05) is 39.3 Å². The monoisotopic (exact) mass is 297 g/mol. The molecule has 0 aliphatic heterocycles. The Morgan fingerprint density at radius 2 is 2.41 bits per heavy atom. The molecule has 1 aromatic rings. The normalized spacial score (nSPS) is 19.0. The third-order valence-corrected chi connectivity index (χ3v) is 3.26. The van der Waals surface area contributed by atoms with Crippen molar-refractivity contribution < 1.29 is 14.1 Å². The van der Waals surface area contributed by atoms with Crippen LogP contribution in [-0.4, -0.2) is 18.2 Å². The van der Waals surface area contributed by atoms with E-state index >= 15 is 0 Å². The van der Waals surface area contributed by atoms with Gasteiger partial charge in [-0.2, -0.15) is 0 Å². The van der Waals surface area contributed by atoms with Gasteiger partial charge in [0.1, 0.15) is 5.56 Å². The number of carbonyl (C=O) groups is 1. The molecule has 0 bridgehead atoms. The Morgan fingerprint density at radius 3 is 3.00 bits per heavy atom. The number of ether oxygens (including phenoxy) is 1. The average molecular weight is 298 g/mol. The van der Waals surface area contributed by atoms with Gasteiger partial charge >= 0.3 is 5.97 Å². The highest BCUT2D eigenvalue weighted by atomic mass is 79.9. The fourth-order valence-electron chi connectivity index (χ4n) is 1.78. The summed E-state index contributed by atoms with van der Waals surface area (Å²) < 4.78 is 11.0. The van der Waals surface area contributed by atoms with Crippen molar-refractivity contribution in [3.8, 4) is 0 Å². The molecule has 0 N–H and O–H groups in total. The minimum atomic E-state index is -0.402. The molecule has 5 heteroatoms. The fraction of sp³-hybridized carbons (Fsp3) is 0.333. The van der Waals surface area contributed by atoms with Crippen LogP contribution in [0.15, 0.2) is 27.2 Å². The summed E-state index contributed by atoms with van der Waals surface area (Å²) in [7, 11) is 1.35. The molecule has 1 heterocycles. The largest absolute Gasteiger partial charge is 0.465 e. The van der Waals surface area contributed by atoms with E-state index in [1.165, 1.54) is 7.11 Å². The minimum Gasteiger partial charge on any atom is -0.465 e. The lowest BCUT2D eigenvalue weighted by Crippen LogP contribution is -2.08. The van der Waals surface area contributed by atoms with Crippen LogP contribution < -0.4 is 0 Å². The van der Waals surface area contributed by atoms with Crippen LogP contribution in [0.4, 0.5) is 0 Å². The van der Waals surface area contributed by atoms with Crippen LogP contribution in [-0.2, 0) is 4.74 Å². The maximum atomic E-state index is 11.7. The van der Waals surface area contributed by atoms with Crippen molar-refractivity contribution in [1.29, 1.82) is 0 Å². The van der Waals surface area contributed by atoms with Gasteiger partial charge in [-0.25, -0.2) is 4.79 Å². The Kier molecular flexibility index (Phi) is 3.47. The van der Waals surface area contributed by atoms with Gasteiger partial charge in [0.05, 0.1) is 12.8 Å². The van der Waals surface area contributed by atoms with E-state index in [0.29, 0.717) is 17.0 Å². The maximum absolute atomic E-state index is 11.7. The van der Waals surface area contributed by atoms with E-state index in [9.17, 15) is 4.79 Å². The summed E-state index contributed by atoms with van der Waals surface area (Å²) in [5.41, 5.74) is 1.00. The zero-order valence-corrected chi connectivity index (χ0v) is 11.2. The number of aromatic nitrogens is 1. The maximum Gasteiger partial charge on any atom is 0.343 e. The second-order valence-electron chi connectivity index (χ2n) is 3.79. The van der Waals surface area contributed by atoms with E-state index in [1.54, 1.807) is 6.92 Å². The quantitative estimate of drug-likeness (QED) is 0.787. The highest BCUT2D eigenvalue weighted by Gasteiger charge is 2.26. The molecule has 1 atom stereocenters. The first kappa shape index (κ1) is 12.1. The van der Waals surface area contributed by atoms with Gasteiger partial charge in [0.2, 0.25) is 0 Å². The predicted octanol–water partition coefficient (Wildman–Crippen LogP) is 3.09. The molecule has 90 valence electrons. The molecule has 0 fully saturated rings. The van der Waals surface area contributed by atoms with Crippen molar-refractivity contribution in [2.24, 2.45) is 0 Å². The van der Waals surface area contributed by atoms with Crippen LogP contribution in [0, 0.1) is 6.92 Å². The number of esters is 1. The number of rotatable bonds is 2. The molecular formula is C12H12BrNO3. The molecule has 0 amide bonds. The molecule has 1 unspecified atom stereocenters. The van der Waals surface area contributed by atoms with Crippen molar-refractivity contribution in [2.75, 3.05) is 7.11 Å². The van der Waals surface area contributed by atoms with E-state index in [1.807, 2.05) is 18.2 Å². The predicted molar refractivity (Wildman–Crippen MR) is 66.1 cm³/mol. The van der Waals surface area contributed by atoms with Crippen LogP contribution in [0.3, 0.4) is 0 Å². The number of aryl methyl sites for hydroxylation is 1. The zero-order valence-electron chi connectivity index (χ0n) is 9.57. The van der Waals surface area contributed by atoms with Gasteiger partial charge in [-0.05, 0) is 13.3 Å². The van der Waals surface area contributed by atoms with Crippen molar-refractivity contribution in [3.05, 3.63) is 39.7 Å². The van der Waals surface area contributed by atoms with Gasteiger partial charge in [0.25, 0.3) is 0 Å². The molecule has 0 spiro atoms. The van der Waals surface area contributed by atoms with E-state index < -0.39 is 5.97 Å². The molecule has 17 heavy (non-hydrogen) atoms. The lowest BCUT2D eigenvalue weighted by molar-refractivity contribution is 0.0597. The first-order chi connectivity index (χ1) is 8.13. The number of nitrogens with zero attached hydrogens (tertiary/aromatic N) is 1. The summed E-state index contributed by atoms with van der Waals surface area (Å²) in [6, 6.07) is 0. The number of hydrogen-bond acceptors (Lipinski definition) is 4. The summed E-state index contributed by atoms with van der Waals surface area (Å²) in [4.78, 5) is 11.7. The summed E-state index contributed by atoms with van der Waals surface area (Å²) in [5, 5.41) is 3.84. The van der Waals surface area contributed by atoms with E-state index in [4.69, 9.17) is 9.26 Å². The van der Waals surface area contributed by atoms with Crippen molar-refractivity contribution in [1.82, 2.24) is 5.16 Å². The van der Waals surface area contributed by atoms with Crippen LogP contribution >= 0.6 is 15.9 Å². The summed E-state index contributed by atoms with van der Waals surface area (Å²) in [6.45, 7) is 1.73. The SMILES string of the molecule is COC(=O)c1c(C)noc1C1C=CC(Br)=CC1.